The van der Waals surface area contributed by atoms with Crippen molar-refractivity contribution >= 4 is 11.9 Å². The first kappa shape index (κ1) is 18.7. The highest BCUT2D eigenvalue weighted by molar-refractivity contribution is 5.88. The van der Waals surface area contributed by atoms with E-state index in [1.807, 2.05) is 15.6 Å². The summed E-state index contributed by atoms with van der Waals surface area (Å²) in [5.74, 6) is 0.432. The summed E-state index contributed by atoms with van der Waals surface area (Å²) >= 11 is 0. The molecule has 2 aromatic rings. The van der Waals surface area contributed by atoms with Crippen LogP contribution in [0.15, 0.2) is 36.5 Å². The van der Waals surface area contributed by atoms with E-state index in [2.05, 4.69) is 29.4 Å². The smallest absolute Gasteiger partial charge is 0.339 e. The number of carboxylic acids is 1. The van der Waals surface area contributed by atoms with Crippen LogP contribution in [0.1, 0.15) is 65.7 Å². The molecule has 0 atom stereocenters. The quantitative estimate of drug-likeness (QED) is 0.858. The molecule has 1 saturated heterocycles. The second-order valence-electron chi connectivity index (χ2n) is 8.15. The molecule has 148 valence electrons. The van der Waals surface area contributed by atoms with Gasteiger partial charge in [0.1, 0.15) is 5.56 Å². The minimum absolute atomic E-state index is 0.170. The van der Waals surface area contributed by atoms with Crippen LogP contribution >= 0.6 is 0 Å². The highest BCUT2D eigenvalue weighted by atomic mass is 16.4. The number of carboxylic acid groups (broad SMARTS) is 1. The Morgan fingerprint density at radius 3 is 2.43 bits per heavy atom. The maximum Gasteiger partial charge on any atom is 0.339 e. The molecule has 0 radical (unpaired) electrons. The number of rotatable bonds is 5. The number of carbonyl (C=O) groups is 2. The zero-order chi connectivity index (χ0) is 19.7. The Hall–Kier alpha value is -2.63. The van der Waals surface area contributed by atoms with Gasteiger partial charge in [-0.2, -0.15) is 5.10 Å². The van der Waals surface area contributed by atoms with Crippen LogP contribution in [0.2, 0.25) is 0 Å². The average molecular weight is 381 g/mol. The van der Waals surface area contributed by atoms with Gasteiger partial charge in [0.05, 0.1) is 17.9 Å². The molecular formula is C22H27N3O3. The largest absolute Gasteiger partial charge is 0.478 e. The lowest BCUT2D eigenvalue weighted by Crippen LogP contribution is -2.41. The molecule has 6 heteroatoms. The molecule has 1 aromatic carbocycles. The van der Waals surface area contributed by atoms with Gasteiger partial charge in [0.15, 0.2) is 0 Å². The van der Waals surface area contributed by atoms with Gasteiger partial charge < -0.3 is 10.0 Å². The van der Waals surface area contributed by atoms with E-state index in [1.54, 1.807) is 6.92 Å². The molecule has 1 aliphatic carbocycles. The third-order valence-corrected chi connectivity index (χ3v) is 6.41. The molecule has 0 bridgehead atoms. The fraction of sp³-hybridized carbons (Fsp3) is 0.500. The van der Waals surface area contributed by atoms with Gasteiger partial charge in [0.25, 0.3) is 0 Å². The van der Waals surface area contributed by atoms with Crippen molar-refractivity contribution in [2.75, 3.05) is 13.1 Å². The number of amides is 1. The van der Waals surface area contributed by atoms with Crippen molar-refractivity contribution in [1.29, 1.82) is 0 Å². The Balaban J connectivity index is 1.25. The SMILES string of the molecule is Cc1c(C(=O)O)cnn1C1CCN(C(=O)CC2CC(c3ccccc3)C2)CC1. The summed E-state index contributed by atoms with van der Waals surface area (Å²) < 4.78 is 1.82. The highest BCUT2D eigenvalue weighted by Gasteiger charge is 2.34. The van der Waals surface area contributed by atoms with Crippen LogP contribution < -0.4 is 0 Å². The third-order valence-electron chi connectivity index (χ3n) is 6.41. The van der Waals surface area contributed by atoms with Gasteiger partial charge in [-0.1, -0.05) is 30.3 Å². The second kappa shape index (κ2) is 7.78. The van der Waals surface area contributed by atoms with Gasteiger partial charge in [0.2, 0.25) is 5.91 Å². The van der Waals surface area contributed by atoms with Gasteiger partial charge in [0, 0.05) is 19.5 Å². The molecule has 2 heterocycles. The number of aromatic carboxylic acids is 1. The number of carbonyl (C=O) groups excluding carboxylic acids is 1. The van der Waals surface area contributed by atoms with Crippen molar-refractivity contribution in [1.82, 2.24) is 14.7 Å². The lowest BCUT2D eigenvalue weighted by atomic mass is 9.70. The van der Waals surface area contributed by atoms with E-state index < -0.39 is 5.97 Å². The number of piperidine rings is 1. The van der Waals surface area contributed by atoms with Crippen LogP contribution in [0, 0.1) is 12.8 Å². The molecule has 1 N–H and O–H groups in total. The number of hydrogen-bond acceptors (Lipinski definition) is 3. The van der Waals surface area contributed by atoms with Crippen molar-refractivity contribution in [3.63, 3.8) is 0 Å². The van der Waals surface area contributed by atoms with Crippen molar-refractivity contribution in [2.45, 2.75) is 51.0 Å². The molecule has 4 rings (SSSR count). The molecule has 2 aliphatic rings. The first-order chi connectivity index (χ1) is 13.5. The Labute approximate surface area is 165 Å². The summed E-state index contributed by atoms with van der Waals surface area (Å²) in [6.45, 7) is 3.24. The first-order valence-electron chi connectivity index (χ1n) is 10.1. The summed E-state index contributed by atoms with van der Waals surface area (Å²) in [7, 11) is 0. The predicted molar refractivity (Wildman–Crippen MR) is 105 cm³/mol. The molecule has 1 aliphatic heterocycles. The number of nitrogens with zero attached hydrogens (tertiary/aromatic N) is 3. The Morgan fingerprint density at radius 2 is 1.82 bits per heavy atom. The van der Waals surface area contributed by atoms with E-state index in [1.165, 1.54) is 11.8 Å². The minimum Gasteiger partial charge on any atom is -0.478 e. The van der Waals surface area contributed by atoms with Crippen molar-refractivity contribution in [3.05, 3.63) is 53.3 Å². The zero-order valence-electron chi connectivity index (χ0n) is 16.3. The van der Waals surface area contributed by atoms with Gasteiger partial charge >= 0.3 is 5.97 Å². The monoisotopic (exact) mass is 381 g/mol. The Kier molecular flexibility index (Phi) is 5.20. The normalized spacial score (nSPS) is 22.7. The number of likely N-dealkylation sites (tertiary alicyclic amines) is 1. The van der Waals surface area contributed by atoms with Crippen LogP contribution in [0.3, 0.4) is 0 Å². The van der Waals surface area contributed by atoms with Gasteiger partial charge in [-0.15, -0.1) is 0 Å². The van der Waals surface area contributed by atoms with Crippen molar-refractivity contribution in [3.8, 4) is 0 Å². The molecule has 28 heavy (non-hydrogen) atoms. The molecule has 0 spiro atoms. The van der Waals surface area contributed by atoms with Crippen LogP contribution in [0.5, 0.6) is 0 Å². The average Bonchev–Trinajstić information content (AvgIpc) is 3.06. The number of aromatic nitrogens is 2. The maximum atomic E-state index is 12.7. The van der Waals surface area contributed by atoms with E-state index in [0.29, 0.717) is 24.0 Å². The van der Waals surface area contributed by atoms with Crippen LogP contribution in [0.25, 0.3) is 0 Å². The van der Waals surface area contributed by atoms with Gasteiger partial charge in [-0.05, 0) is 50.0 Å². The zero-order valence-corrected chi connectivity index (χ0v) is 16.3. The van der Waals surface area contributed by atoms with Crippen LogP contribution in [-0.4, -0.2) is 44.8 Å². The second-order valence-corrected chi connectivity index (χ2v) is 8.15. The summed E-state index contributed by atoms with van der Waals surface area (Å²) in [5.41, 5.74) is 2.34. The molecular weight excluding hydrogens is 354 g/mol. The number of benzene rings is 1. The minimum atomic E-state index is -0.939. The molecule has 2 fully saturated rings. The highest BCUT2D eigenvalue weighted by Crippen LogP contribution is 2.43. The van der Waals surface area contributed by atoms with E-state index in [9.17, 15) is 14.7 Å². The molecule has 0 unspecified atom stereocenters. The Morgan fingerprint density at radius 1 is 1.14 bits per heavy atom. The van der Waals surface area contributed by atoms with Crippen molar-refractivity contribution < 1.29 is 14.7 Å². The van der Waals surface area contributed by atoms with Crippen molar-refractivity contribution in [2.24, 2.45) is 5.92 Å². The topological polar surface area (TPSA) is 75.4 Å². The fourth-order valence-electron chi connectivity index (χ4n) is 4.64. The summed E-state index contributed by atoms with van der Waals surface area (Å²) in [6.07, 6.45) is 5.94. The van der Waals surface area contributed by atoms with Crippen LogP contribution in [-0.2, 0) is 4.79 Å². The summed E-state index contributed by atoms with van der Waals surface area (Å²) in [4.78, 5) is 25.9. The van der Waals surface area contributed by atoms with E-state index in [0.717, 1.165) is 38.8 Å². The standard InChI is InChI=1S/C22H27N3O3/c1-15-20(22(27)28)14-23-25(15)19-7-9-24(10-8-19)21(26)13-16-11-18(12-16)17-5-3-2-4-6-17/h2-6,14,16,18-19H,7-13H2,1H3,(H,27,28). The lowest BCUT2D eigenvalue weighted by Gasteiger charge is -2.38. The van der Waals surface area contributed by atoms with E-state index in [-0.39, 0.29) is 17.5 Å². The summed E-state index contributed by atoms with van der Waals surface area (Å²) in [5, 5.41) is 13.5. The maximum absolute atomic E-state index is 12.7. The molecule has 1 saturated carbocycles. The van der Waals surface area contributed by atoms with E-state index >= 15 is 0 Å². The van der Waals surface area contributed by atoms with E-state index in [4.69, 9.17) is 0 Å². The third kappa shape index (κ3) is 3.68. The fourth-order valence-corrected chi connectivity index (χ4v) is 4.64. The van der Waals surface area contributed by atoms with Crippen LogP contribution in [0.4, 0.5) is 0 Å². The molecule has 1 aromatic heterocycles. The Bertz CT molecular complexity index is 847. The van der Waals surface area contributed by atoms with Gasteiger partial charge in [-0.25, -0.2) is 4.79 Å². The van der Waals surface area contributed by atoms with Gasteiger partial charge in [-0.3, -0.25) is 9.48 Å². The summed E-state index contributed by atoms with van der Waals surface area (Å²) in [6, 6.07) is 10.7. The predicted octanol–water partition coefficient (Wildman–Crippen LogP) is 3.64. The molecule has 1 amide bonds. The number of hydrogen-bond donors (Lipinski definition) is 1. The molecule has 6 nitrogen and oxygen atoms in total. The lowest BCUT2D eigenvalue weighted by molar-refractivity contribution is -0.134. The first-order valence-corrected chi connectivity index (χ1v) is 10.1.